The summed E-state index contributed by atoms with van der Waals surface area (Å²) in [5.74, 6) is 0.0750. The Morgan fingerprint density at radius 3 is 2.33 bits per heavy atom. The fraction of sp³-hybridized carbons (Fsp3) is 0.364. The molecule has 0 aliphatic heterocycles. The highest BCUT2D eigenvalue weighted by Gasteiger charge is 2.32. The number of alkyl carbamates (subject to hydrolysis) is 1. The lowest BCUT2D eigenvalue weighted by Gasteiger charge is -2.23. The molecule has 0 aliphatic carbocycles. The molecule has 0 bridgehead atoms. The van der Waals surface area contributed by atoms with Crippen molar-refractivity contribution in [1.82, 2.24) is 5.32 Å². The van der Waals surface area contributed by atoms with Crippen molar-refractivity contribution >= 4 is 12.1 Å². The summed E-state index contributed by atoms with van der Waals surface area (Å²) in [5, 5.41) is 13.2. The molecule has 0 aromatic heterocycles. The van der Waals surface area contributed by atoms with E-state index in [-0.39, 0.29) is 13.2 Å². The van der Waals surface area contributed by atoms with Gasteiger partial charge in [-0.3, -0.25) is 0 Å². The Balaban J connectivity index is 2.15. The lowest BCUT2D eigenvalue weighted by atomic mass is 10.0. The van der Waals surface area contributed by atoms with Crippen LogP contribution in [-0.2, 0) is 20.9 Å². The van der Waals surface area contributed by atoms with Crippen molar-refractivity contribution in [2.24, 2.45) is 0 Å². The highest BCUT2D eigenvalue weighted by molar-refractivity contribution is 5.82. The van der Waals surface area contributed by atoms with E-state index < -0.39 is 24.2 Å². The van der Waals surface area contributed by atoms with Gasteiger partial charge in [-0.05, 0) is 29.7 Å². The number of ether oxygens (including phenoxy) is 4. The van der Waals surface area contributed by atoms with Crippen molar-refractivity contribution in [3.05, 3.63) is 59.7 Å². The highest BCUT2D eigenvalue weighted by atomic mass is 16.6. The van der Waals surface area contributed by atoms with E-state index in [1.165, 1.54) is 20.3 Å². The van der Waals surface area contributed by atoms with Crippen molar-refractivity contribution in [3.63, 3.8) is 0 Å². The van der Waals surface area contributed by atoms with Crippen LogP contribution in [0.1, 0.15) is 30.6 Å². The second kappa shape index (κ2) is 11.7. The summed E-state index contributed by atoms with van der Waals surface area (Å²) in [6.45, 7) is 2.03. The molecule has 0 saturated heterocycles. The Hall–Kier alpha value is -3.26. The fourth-order valence-electron chi connectivity index (χ4n) is 2.68. The third-order valence-corrected chi connectivity index (χ3v) is 4.25. The normalized spacial score (nSPS) is 12.4. The summed E-state index contributed by atoms with van der Waals surface area (Å²) in [5.41, 5.74) is 1.13. The van der Waals surface area contributed by atoms with Gasteiger partial charge in [0, 0.05) is 0 Å². The zero-order valence-corrected chi connectivity index (χ0v) is 17.3. The SMILES string of the molecule is CCCOC(=O)[C@@H](NC(=O)OCc1ccccc1)[C@H](O)c1ccc(OC)c(OC)c1. The molecule has 8 nitrogen and oxygen atoms in total. The minimum Gasteiger partial charge on any atom is -0.493 e. The van der Waals surface area contributed by atoms with E-state index in [9.17, 15) is 14.7 Å². The molecule has 0 spiro atoms. The maximum absolute atomic E-state index is 12.5. The number of carbonyl (C=O) groups excluding carboxylic acids is 2. The number of hydrogen-bond donors (Lipinski definition) is 2. The van der Waals surface area contributed by atoms with Gasteiger partial charge < -0.3 is 29.4 Å². The van der Waals surface area contributed by atoms with Crippen molar-refractivity contribution in [2.45, 2.75) is 32.1 Å². The van der Waals surface area contributed by atoms with Gasteiger partial charge in [-0.15, -0.1) is 0 Å². The number of esters is 1. The van der Waals surface area contributed by atoms with Gasteiger partial charge in [-0.1, -0.05) is 43.3 Å². The van der Waals surface area contributed by atoms with Gasteiger partial charge in [-0.25, -0.2) is 9.59 Å². The number of rotatable bonds is 10. The minimum atomic E-state index is -1.39. The molecule has 0 radical (unpaired) electrons. The van der Waals surface area contributed by atoms with E-state index in [0.717, 1.165) is 5.56 Å². The number of benzene rings is 2. The third-order valence-electron chi connectivity index (χ3n) is 4.25. The van der Waals surface area contributed by atoms with E-state index in [1.807, 2.05) is 25.1 Å². The summed E-state index contributed by atoms with van der Waals surface area (Å²) < 4.78 is 20.7. The fourth-order valence-corrected chi connectivity index (χ4v) is 2.68. The predicted molar refractivity (Wildman–Crippen MR) is 109 cm³/mol. The van der Waals surface area contributed by atoms with Crippen LogP contribution in [0, 0.1) is 0 Å². The molecule has 1 amide bonds. The van der Waals surface area contributed by atoms with Gasteiger partial charge >= 0.3 is 12.1 Å². The second-order valence-corrected chi connectivity index (χ2v) is 6.41. The van der Waals surface area contributed by atoms with Gasteiger partial charge in [0.25, 0.3) is 0 Å². The van der Waals surface area contributed by atoms with Crippen molar-refractivity contribution in [3.8, 4) is 11.5 Å². The van der Waals surface area contributed by atoms with Gasteiger partial charge in [-0.2, -0.15) is 0 Å². The molecule has 8 heteroatoms. The van der Waals surface area contributed by atoms with E-state index >= 15 is 0 Å². The molecule has 2 N–H and O–H groups in total. The monoisotopic (exact) mass is 417 g/mol. The van der Waals surface area contributed by atoms with Crippen molar-refractivity contribution < 1.29 is 33.6 Å². The van der Waals surface area contributed by atoms with Crippen LogP contribution in [0.5, 0.6) is 11.5 Å². The zero-order valence-electron chi connectivity index (χ0n) is 17.3. The summed E-state index contributed by atoms with van der Waals surface area (Å²) >= 11 is 0. The molecule has 0 saturated carbocycles. The summed E-state index contributed by atoms with van der Waals surface area (Å²) in [6, 6.07) is 12.4. The number of aliphatic hydroxyl groups excluding tert-OH is 1. The van der Waals surface area contributed by atoms with Crippen LogP contribution in [0.3, 0.4) is 0 Å². The maximum Gasteiger partial charge on any atom is 0.408 e. The van der Waals surface area contributed by atoms with Crippen LogP contribution >= 0.6 is 0 Å². The summed E-state index contributed by atoms with van der Waals surface area (Å²) in [4.78, 5) is 24.8. The van der Waals surface area contributed by atoms with Crippen LogP contribution in [0.15, 0.2) is 48.5 Å². The van der Waals surface area contributed by atoms with Gasteiger partial charge in [0.1, 0.15) is 12.7 Å². The quantitative estimate of drug-likeness (QED) is 0.573. The molecular weight excluding hydrogens is 390 g/mol. The van der Waals surface area contributed by atoms with Gasteiger partial charge in [0.15, 0.2) is 17.5 Å². The highest BCUT2D eigenvalue weighted by Crippen LogP contribution is 2.31. The summed E-state index contributed by atoms with van der Waals surface area (Å²) in [7, 11) is 2.95. The van der Waals surface area contributed by atoms with Crippen molar-refractivity contribution in [2.75, 3.05) is 20.8 Å². The number of hydrogen-bond acceptors (Lipinski definition) is 7. The minimum absolute atomic E-state index is 0.0237. The number of nitrogens with one attached hydrogen (secondary N) is 1. The first-order valence-corrected chi connectivity index (χ1v) is 9.54. The Morgan fingerprint density at radius 2 is 1.70 bits per heavy atom. The first kappa shape index (κ1) is 23.0. The van der Waals surface area contributed by atoms with Crippen LogP contribution in [0.25, 0.3) is 0 Å². The smallest absolute Gasteiger partial charge is 0.408 e. The van der Waals surface area contributed by atoms with Crippen LogP contribution in [0.2, 0.25) is 0 Å². The van der Waals surface area contributed by atoms with E-state index in [2.05, 4.69) is 5.32 Å². The molecule has 0 unspecified atom stereocenters. The zero-order chi connectivity index (χ0) is 21.9. The maximum atomic E-state index is 12.5. The average Bonchev–Trinajstić information content (AvgIpc) is 2.79. The third kappa shape index (κ3) is 6.38. The molecule has 2 atom stereocenters. The molecule has 0 heterocycles. The largest absolute Gasteiger partial charge is 0.493 e. The molecule has 0 aliphatic rings. The Kier molecular flexibility index (Phi) is 8.96. The van der Waals surface area contributed by atoms with E-state index in [0.29, 0.717) is 23.5 Å². The van der Waals surface area contributed by atoms with Crippen molar-refractivity contribution in [1.29, 1.82) is 0 Å². The Bertz CT molecular complexity index is 825. The standard InChI is InChI=1S/C22H27NO7/c1-4-12-29-21(25)19(23-22(26)30-14-15-8-6-5-7-9-15)20(24)16-10-11-17(27-2)18(13-16)28-3/h5-11,13,19-20,24H,4,12,14H2,1-3H3,(H,23,26)/t19-,20+/m0/s1. The second-order valence-electron chi connectivity index (χ2n) is 6.41. The first-order valence-electron chi connectivity index (χ1n) is 9.54. The van der Waals surface area contributed by atoms with Gasteiger partial charge in [0.05, 0.1) is 20.8 Å². The lowest BCUT2D eigenvalue weighted by molar-refractivity contribution is -0.149. The van der Waals surface area contributed by atoms with E-state index in [1.54, 1.807) is 24.3 Å². The lowest BCUT2D eigenvalue weighted by Crippen LogP contribution is -2.46. The Labute approximate surface area is 175 Å². The molecule has 30 heavy (non-hydrogen) atoms. The molecule has 2 aromatic carbocycles. The molecule has 0 fully saturated rings. The van der Waals surface area contributed by atoms with E-state index in [4.69, 9.17) is 18.9 Å². The average molecular weight is 417 g/mol. The number of methoxy groups -OCH3 is 2. The molecule has 162 valence electrons. The van der Waals surface area contributed by atoms with Crippen LogP contribution in [-0.4, -0.2) is 44.0 Å². The topological polar surface area (TPSA) is 103 Å². The first-order chi connectivity index (χ1) is 14.5. The number of aliphatic hydroxyl groups is 1. The van der Waals surface area contributed by atoms with Crippen LogP contribution in [0.4, 0.5) is 4.79 Å². The molecule has 2 aromatic rings. The summed E-state index contributed by atoms with van der Waals surface area (Å²) in [6.07, 6.45) is -1.64. The van der Waals surface area contributed by atoms with Crippen LogP contribution < -0.4 is 14.8 Å². The number of carbonyl (C=O) groups is 2. The van der Waals surface area contributed by atoms with Gasteiger partial charge in [0.2, 0.25) is 0 Å². The molecular formula is C22H27NO7. The Morgan fingerprint density at radius 1 is 1.00 bits per heavy atom. The molecule has 2 rings (SSSR count). The number of amides is 1. The predicted octanol–water partition coefficient (Wildman–Crippen LogP) is 2.99.